The first-order valence-corrected chi connectivity index (χ1v) is 6.92. The van der Waals surface area contributed by atoms with Gasteiger partial charge in [0.25, 0.3) is 5.91 Å². The van der Waals surface area contributed by atoms with Crippen LogP contribution in [0.4, 0.5) is 4.79 Å². The van der Waals surface area contributed by atoms with E-state index in [0.717, 1.165) is 4.57 Å². The predicted molar refractivity (Wildman–Crippen MR) is 82.0 cm³/mol. The number of amides is 1. The van der Waals surface area contributed by atoms with Gasteiger partial charge in [0.15, 0.2) is 0 Å². The number of nitrogens with one attached hydrogen (secondary N) is 2. The van der Waals surface area contributed by atoms with Gasteiger partial charge in [-0.2, -0.15) is 0 Å². The number of aromatic nitrogens is 2. The van der Waals surface area contributed by atoms with Gasteiger partial charge in [-0.1, -0.05) is 12.1 Å². The quantitative estimate of drug-likeness (QED) is 0.886. The van der Waals surface area contributed by atoms with Gasteiger partial charge in [-0.15, -0.1) is 0 Å². The van der Waals surface area contributed by atoms with Gasteiger partial charge in [0.2, 0.25) is 0 Å². The molecular formula is C15H19N3O4. The topological polar surface area (TPSA) is 93.2 Å². The number of fused-ring (bicyclic) bond motifs is 1. The van der Waals surface area contributed by atoms with Crippen molar-refractivity contribution in [3.8, 4) is 0 Å². The summed E-state index contributed by atoms with van der Waals surface area (Å²) < 4.78 is 6.11. The van der Waals surface area contributed by atoms with Crippen molar-refractivity contribution in [2.45, 2.75) is 39.3 Å². The third-order valence-electron chi connectivity index (χ3n) is 2.91. The van der Waals surface area contributed by atoms with Crippen molar-refractivity contribution in [1.82, 2.24) is 14.9 Å². The summed E-state index contributed by atoms with van der Waals surface area (Å²) in [6, 6.07) is 5.95. The summed E-state index contributed by atoms with van der Waals surface area (Å²) in [5.41, 5.74) is -0.172. The van der Waals surface area contributed by atoms with Crippen LogP contribution in [0.3, 0.4) is 0 Å². The van der Waals surface area contributed by atoms with Crippen LogP contribution in [-0.2, 0) is 4.74 Å². The summed E-state index contributed by atoms with van der Waals surface area (Å²) in [7, 11) is 0. The zero-order valence-electron chi connectivity index (χ0n) is 13.0. The molecule has 7 heteroatoms. The summed E-state index contributed by atoms with van der Waals surface area (Å²) in [6.07, 6.45) is -0.707. The van der Waals surface area contributed by atoms with E-state index in [1.807, 2.05) is 0 Å². The molecule has 1 aromatic carbocycles. The highest BCUT2D eigenvalue weighted by Crippen LogP contribution is 2.10. The van der Waals surface area contributed by atoms with Crippen LogP contribution < -0.4 is 11.0 Å². The number of imidazole rings is 1. The van der Waals surface area contributed by atoms with Crippen molar-refractivity contribution < 1.29 is 14.3 Å². The first-order valence-electron chi connectivity index (χ1n) is 6.92. The molecule has 0 spiro atoms. The van der Waals surface area contributed by atoms with Crippen molar-refractivity contribution in [1.29, 1.82) is 0 Å². The smallest absolute Gasteiger partial charge is 0.408 e. The van der Waals surface area contributed by atoms with Gasteiger partial charge >= 0.3 is 11.8 Å². The standard InChI is InChI=1S/C15H19N3O4/c1-9(16-14(21)22-15(2,3)4)12(19)18-11-8-6-5-7-10(11)17-13(18)20/h5-9H,1-4H3,(H,16,21)(H,17,20). The molecule has 1 aromatic heterocycles. The lowest BCUT2D eigenvalue weighted by Crippen LogP contribution is -2.45. The number of carbonyl (C=O) groups excluding carboxylic acids is 2. The van der Waals surface area contributed by atoms with Crippen molar-refractivity contribution in [2.75, 3.05) is 0 Å². The predicted octanol–water partition coefficient (Wildman–Crippen LogP) is 1.88. The van der Waals surface area contributed by atoms with Crippen LogP contribution in [0.2, 0.25) is 0 Å². The fourth-order valence-electron chi connectivity index (χ4n) is 2.01. The van der Waals surface area contributed by atoms with Crippen LogP contribution >= 0.6 is 0 Å². The highest BCUT2D eigenvalue weighted by atomic mass is 16.6. The lowest BCUT2D eigenvalue weighted by Gasteiger charge is -2.21. The van der Waals surface area contributed by atoms with E-state index in [9.17, 15) is 14.4 Å². The SMILES string of the molecule is CC(NC(=O)OC(C)(C)C)C(=O)n1c(=O)[nH]c2ccccc21. The molecule has 0 bridgehead atoms. The Kier molecular flexibility index (Phi) is 4.07. The number of benzene rings is 1. The normalized spacial score (nSPS) is 12.9. The Bertz CT molecular complexity index is 767. The van der Waals surface area contributed by atoms with Crippen molar-refractivity contribution in [3.05, 3.63) is 34.7 Å². The largest absolute Gasteiger partial charge is 0.444 e. The number of ether oxygens (including phenoxy) is 1. The van der Waals surface area contributed by atoms with Gasteiger partial charge in [0.1, 0.15) is 11.6 Å². The first-order chi connectivity index (χ1) is 10.2. The number of rotatable bonds is 2. The number of hydrogen-bond acceptors (Lipinski definition) is 4. The van der Waals surface area contributed by atoms with Gasteiger partial charge in [0.05, 0.1) is 11.0 Å². The summed E-state index contributed by atoms with van der Waals surface area (Å²) in [5, 5.41) is 2.43. The molecule has 2 aromatic rings. The Hall–Kier alpha value is -2.57. The molecule has 22 heavy (non-hydrogen) atoms. The maximum Gasteiger partial charge on any atom is 0.408 e. The molecule has 0 saturated heterocycles. The van der Waals surface area contributed by atoms with Crippen LogP contribution in [0.25, 0.3) is 11.0 Å². The third kappa shape index (κ3) is 3.36. The summed E-state index contributed by atoms with van der Waals surface area (Å²) in [6.45, 7) is 6.68. The van der Waals surface area contributed by atoms with E-state index in [4.69, 9.17) is 4.74 Å². The fraction of sp³-hybridized carbons (Fsp3) is 0.400. The molecule has 118 valence electrons. The zero-order chi connectivity index (χ0) is 16.5. The Morgan fingerprint density at radius 1 is 1.27 bits per heavy atom. The number of alkyl carbamates (subject to hydrolysis) is 1. The maximum absolute atomic E-state index is 12.4. The molecule has 0 aliphatic carbocycles. The van der Waals surface area contributed by atoms with E-state index in [-0.39, 0.29) is 0 Å². The molecule has 0 fully saturated rings. The van der Waals surface area contributed by atoms with Gasteiger partial charge < -0.3 is 15.0 Å². The van der Waals surface area contributed by atoms with Crippen LogP contribution in [-0.4, -0.2) is 33.2 Å². The third-order valence-corrected chi connectivity index (χ3v) is 2.91. The molecule has 7 nitrogen and oxygen atoms in total. The van der Waals surface area contributed by atoms with Crippen molar-refractivity contribution in [3.63, 3.8) is 0 Å². The van der Waals surface area contributed by atoms with E-state index in [0.29, 0.717) is 11.0 Å². The van der Waals surface area contributed by atoms with Gasteiger partial charge in [-0.25, -0.2) is 14.2 Å². The Balaban J connectivity index is 2.22. The number of carbonyl (C=O) groups is 2. The number of nitrogens with zero attached hydrogens (tertiary/aromatic N) is 1. The zero-order valence-corrected chi connectivity index (χ0v) is 13.0. The molecule has 1 atom stereocenters. The number of aromatic amines is 1. The van der Waals surface area contributed by atoms with Gasteiger partial charge in [0, 0.05) is 0 Å². The molecule has 1 heterocycles. The second-order valence-electron chi connectivity index (χ2n) is 5.99. The average molecular weight is 305 g/mol. The molecule has 0 saturated carbocycles. The van der Waals surface area contributed by atoms with Crippen LogP contribution in [0.5, 0.6) is 0 Å². The lowest BCUT2D eigenvalue weighted by atomic mass is 10.2. The highest BCUT2D eigenvalue weighted by Gasteiger charge is 2.24. The Morgan fingerprint density at radius 3 is 2.55 bits per heavy atom. The minimum Gasteiger partial charge on any atom is -0.444 e. The molecular weight excluding hydrogens is 286 g/mol. The molecule has 1 amide bonds. The van der Waals surface area contributed by atoms with Crippen molar-refractivity contribution >= 4 is 23.0 Å². The maximum atomic E-state index is 12.4. The Morgan fingerprint density at radius 2 is 1.91 bits per heavy atom. The monoisotopic (exact) mass is 305 g/mol. The van der Waals surface area contributed by atoms with E-state index >= 15 is 0 Å². The van der Waals surface area contributed by atoms with E-state index < -0.39 is 29.3 Å². The molecule has 1 unspecified atom stereocenters. The van der Waals surface area contributed by atoms with Crippen molar-refractivity contribution in [2.24, 2.45) is 0 Å². The van der Waals surface area contributed by atoms with Crippen LogP contribution in [0.15, 0.2) is 29.1 Å². The van der Waals surface area contributed by atoms with E-state index in [2.05, 4.69) is 10.3 Å². The van der Waals surface area contributed by atoms with Crippen LogP contribution in [0.1, 0.15) is 32.5 Å². The molecule has 2 rings (SSSR count). The fourth-order valence-corrected chi connectivity index (χ4v) is 2.01. The minimum atomic E-state index is -0.897. The van der Waals surface area contributed by atoms with Gasteiger partial charge in [-0.05, 0) is 39.8 Å². The van der Waals surface area contributed by atoms with Crippen LogP contribution in [0, 0.1) is 0 Å². The second kappa shape index (κ2) is 5.67. The Labute approximate surface area is 127 Å². The highest BCUT2D eigenvalue weighted by molar-refractivity contribution is 5.94. The molecule has 0 aliphatic rings. The van der Waals surface area contributed by atoms with E-state index in [1.54, 1.807) is 45.0 Å². The van der Waals surface area contributed by atoms with E-state index in [1.165, 1.54) is 6.92 Å². The summed E-state index contributed by atoms with van der Waals surface area (Å²) in [5.74, 6) is -0.534. The number of H-pyrrole nitrogens is 1. The summed E-state index contributed by atoms with van der Waals surface area (Å²) in [4.78, 5) is 38.7. The lowest BCUT2D eigenvalue weighted by molar-refractivity contribution is 0.0488. The first kappa shape index (κ1) is 15.8. The van der Waals surface area contributed by atoms with Gasteiger partial charge in [-0.3, -0.25) is 4.79 Å². The molecule has 0 aliphatic heterocycles. The average Bonchev–Trinajstić information content (AvgIpc) is 2.71. The number of para-hydroxylation sites is 2. The number of hydrogen-bond donors (Lipinski definition) is 2. The summed E-state index contributed by atoms with van der Waals surface area (Å²) >= 11 is 0. The molecule has 2 N–H and O–H groups in total. The minimum absolute atomic E-state index is 0.468. The second-order valence-corrected chi connectivity index (χ2v) is 5.99. The molecule has 0 radical (unpaired) electrons.